The molecule has 0 spiro atoms. The molecule has 1 aliphatic heterocycles. The van der Waals surface area contributed by atoms with Crippen molar-refractivity contribution in [1.82, 2.24) is 0 Å². The second-order valence-electron chi connectivity index (χ2n) is 2.79. The van der Waals surface area contributed by atoms with Crippen LogP contribution in [-0.2, 0) is 9.47 Å². The molecule has 2 nitrogen and oxygen atoms in total. The van der Waals surface area contributed by atoms with Gasteiger partial charge in [-0.05, 0) is 20.8 Å². The minimum atomic E-state index is -0.117. The Hall–Kier alpha value is 0.270. The van der Waals surface area contributed by atoms with Gasteiger partial charge in [-0.2, -0.15) is 12.6 Å². The zero-order chi connectivity index (χ0) is 7.72. The normalized spacial score (nSPS) is 38.4. The lowest BCUT2D eigenvalue weighted by Gasteiger charge is -2.11. The Labute approximate surface area is 67.3 Å². The van der Waals surface area contributed by atoms with E-state index < -0.39 is 0 Å². The Balaban J connectivity index is 2.41. The van der Waals surface area contributed by atoms with Crippen molar-refractivity contribution in [2.45, 2.75) is 44.5 Å². The van der Waals surface area contributed by atoms with E-state index in [4.69, 9.17) is 9.47 Å². The van der Waals surface area contributed by atoms with Crippen molar-refractivity contribution in [2.75, 3.05) is 0 Å². The molecular formula is C7H14O2S. The summed E-state index contributed by atoms with van der Waals surface area (Å²) in [5.41, 5.74) is 0. The SMILES string of the molecule is C[C@@H](S)C1O[C@H](C)[C@@H](C)O1. The lowest BCUT2D eigenvalue weighted by molar-refractivity contribution is -0.0589. The third-order valence-corrected chi connectivity index (χ3v) is 2.00. The quantitative estimate of drug-likeness (QED) is 0.588. The van der Waals surface area contributed by atoms with E-state index in [-0.39, 0.29) is 23.7 Å². The molecule has 0 unspecified atom stereocenters. The number of hydrogen-bond donors (Lipinski definition) is 1. The molecule has 0 aromatic heterocycles. The molecule has 10 heavy (non-hydrogen) atoms. The average Bonchev–Trinajstić information content (AvgIpc) is 2.13. The first-order valence-corrected chi connectivity index (χ1v) is 4.12. The van der Waals surface area contributed by atoms with Crippen molar-refractivity contribution < 1.29 is 9.47 Å². The zero-order valence-electron chi connectivity index (χ0n) is 6.57. The van der Waals surface area contributed by atoms with Crippen LogP contribution in [0.4, 0.5) is 0 Å². The molecule has 1 fully saturated rings. The third kappa shape index (κ3) is 1.65. The highest BCUT2D eigenvalue weighted by molar-refractivity contribution is 7.81. The highest BCUT2D eigenvalue weighted by Crippen LogP contribution is 2.22. The van der Waals surface area contributed by atoms with Gasteiger partial charge in [-0.1, -0.05) is 0 Å². The second kappa shape index (κ2) is 3.11. The first kappa shape index (κ1) is 8.37. The van der Waals surface area contributed by atoms with Crippen LogP contribution in [0.25, 0.3) is 0 Å². The Morgan fingerprint density at radius 2 is 1.60 bits per heavy atom. The molecular weight excluding hydrogens is 148 g/mol. The van der Waals surface area contributed by atoms with Gasteiger partial charge >= 0.3 is 0 Å². The molecule has 0 aromatic rings. The van der Waals surface area contributed by atoms with Crippen LogP contribution in [0, 0.1) is 0 Å². The predicted molar refractivity (Wildman–Crippen MR) is 43.3 cm³/mol. The van der Waals surface area contributed by atoms with Gasteiger partial charge in [-0.3, -0.25) is 0 Å². The van der Waals surface area contributed by atoms with E-state index in [0.717, 1.165) is 0 Å². The van der Waals surface area contributed by atoms with Crippen LogP contribution in [0.15, 0.2) is 0 Å². The second-order valence-corrected chi connectivity index (χ2v) is 3.61. The van der Waals surface area contributed by atoms with Crippen molar-refractivity contribution in [3.05, 3.63) is 0 Å². The number of rotatable bonds is 1. The highest BCUT2D eigenvalue weighted by Gasteiger charge is 2.31. The number of ether oxygens (including phenoxy) is 2. The van der Waals surface area contributed by atoms with Crippen molar-refractivity contribution in [3.8, 4) is 0 Å². The van der Waals surface area contributed by atoms with E-state index in [2.05, 4.69) is 12.6 Å². The van der Waals surface area contributed by atoms with Gasteiger partial charge in [0.1, 0.15) is 0 Å². The smallest absolute Gasteiger partial charge is 0.169 e. The standard InChI is InChI=1S/C7H14O2S/c1-4-5(2)9-7(8-4)6(3)10/h4-7,10H,1-3H3/t4-,5-,6-/m1/s1. The summed E-state index contributed by atoms with van der Waals surface area (Å²) >= 11 is 4.22. The fourth-order valence-corrected chi connectivity index (χ4v) is 1.04. The largest absolute Gasteiger partial charge is 0.346 e. The average molecular weight is 162 g/mol. The van der Waals surface area contributed by atoms with Gasteiger partial charge in [-0.25, -0.2) is 0 Å². The van der Waals surface area contributed by atoms with Crippen molar-refractivity contribution in [3.63, 3.8) is 0 Å². The van der Waals surface area contributed by atoms with Crippen LogP contribution in [0.2, 0.25) is 0 Å². The molecule has 1 saturated heterocycles. The van der Waals surface area contributed by atoms with Gasteiger partial charge in [0, 0.05) is 0 Å². The Morgan fingerprint density at radius 1 is 1.20 bits per heavy atom. The maximum atomic E-state index is 5.44. The predicted octanol–water partition coefficient (Wildman–Crippen LogP) is 1.45. The maximum Gasteiger partial charge on any atom is 0.169 e. The molecule has 0 amide bonds. The van der Waals surface area contributed by atoms with Gasteiger partial charge < -0.3 is 9.47 Å². The lowest BCUT2D eigenvalue weighted by Crippen LogP contribution is -2.19. The van der Waals surface area contributed by atoms with Crippen LogP contribution in [-0.4, -0.2) is 23.7 Å². The summed E-state index contributed by atoms with van der Waals surface area (Å²) in [7, 11) is 0. The Bertz CT molecular complexity index is 106. The fourth-order valence-electron chi connectivity index (χ4n) is 0.904. The van der Waals surface area contributed by atoms with Gasteiger partial charge in [0.05, 0.1) is 17.5 Å². The Kier molecular flexibility index (Phi) is 2.61. The summed E-state index contributed by atoms with van der Waals surface area (Å²) < 4.78 is 10.9. The van der Waals surface area contributed by atoms with E-state index in [9.17, 15) is 0 Å². The van der Waals surface area contributed by atoms with Crippen LogP contribution in [0.1, 0.15) is 20.8 Å². The first-order valence-electron chi connectivity index (χ1n) is 3.60. The molecule has 0 bridgehead atoms. The number of thiol groups is 1. The first-order chi connectivity index (χ1) is 4.61. The fraction of sp³-hybridized carbons (Fsp3) is 1.00. The van der Waals surface area contributed by atoms with Crippen LogP contribution < -0.4 is 0 Å². The van der Waals surface area contributed by atoms with E-state index in [1.54, 1.807) is 0 Å². The summed E-state index contributed by atoms with van der Waals surface area (Å²) in [6.45, 7) is 6.00. The number of hydrogen-bond acceptors (Lipinski definition) is 3. The van der Waals surface area contributed by atoms with Crippen LogP contribution in [0.5, 0.6) is 0 Å². The topological polar surface area (TPSA) is 18.5 Å². The minimum absolute atomic E-state index is 0.117. The zero-order valence-corrected chi connectivity index (χ0v) is 7.47. The Morgan fingerprint density at radius 3 is 1.80 bits per heavy atom. The van der Waals surface area contributed by atoms with E-state index in [1.807, 2.05) is 20.8 Å². The monoisotopic (exact) mass is 162 g/mol. The van der Waals surface area contributed by atoms with Gasteiger partial charge in [0.25, 0.3) is 0 Å². The summed E-state index contributed by atoms with van der Waals surface area (Å²) in [6.07, 6.45) is 0.299. The summed E-state index contributed by atoms with van der Waals surface area (Å²) in [5, 5.41) is 0.160. The molecule has 60 valence electrons. The summed E-state index contributed by atoms with van der Waals surface area (Å²) in [5.74, 6) is 0. The molecule has 0 N–H and O–H groups in total. The summed E-state index contributed by atoms with van der Waals surface area (Å²) in [6, 6.07) is 0. The van der Waals surface area contributed by atoms with Crippen molar-refractivity contribution in [2.24, 2.45) is 0 Å². The van der Waals surface area contributed by atoms with E-state index >= 15 is 0 Å². The van der Waals surface area contributed by atoms with Gasteiger partial charge in [0.15, 0.2) is 6.29 Å². The van der Waals surface area contributed by atoms with E-state index in [0.29, 0.717) is 0 Å². The molecule has 0 aliphatic carbocycles. The molecule has 3 atom stereocenters. The lowest BCUT2D eigenvalue weighted by atomic mass is 10.3. The molecule has 0 radical (unpaired) electrons. The van der Waals surface area contributed by atoms with Crippen LogP contribution >= 0.6 is 12.6 Å². The highest BCUT2D eigenvalue weighted by atomic mass is 32.1. The van der Waals surface area contributed by atoms with Crippen molar-refractivity contribution in [1.29, 1.82) is 0 Å². The third-order valence-electron chi connectivity index (χ3n) is 1.75. The van der Waals surface area contributed by atoms with Gasteiger partial charge in [-0.15, -0.1) is 0 Å². The van der Waals surface area contributed by atoms with Gasteiger partial charge in [0.2, 0.25) is 0 Å². The van der Waals surface area contributed by atoms with Crippen molar-refractivity contribution >= 4 is 12.6 Å². The molecule has 3 heteroatoms. The van der Waals surface area contributed by atoms with E-state index in [1.165, 1.54) is 0 Å². The molecule has 0 aromatic carbocycles. The van der Waals surface area contributed by atoms with Crippen LogP contribution in [0.3, 0.4) is 0 Å². The molecule has 1 aliphatic rings. The molecule has 1 heterocycles. The molecule has 0 saturated carbocycles. The molecule has 1 rings (SSSR count). The summed E-state index contributed by atoms with van der Waals surface area (Å²) in [4.78, 5) is 0. The maximum absolute atomic E-state index is 5.44. The minimum Gasteiger partial charge on any atom is -0.346 e.